The minimum atomic E-state index is -0.859. The van der Waals surface area contributed by atoms with Crippen LogP contribution in [0.1, 0.15) is 12.8 Å². The first-order valence-corrected chi connectivity index (χ1v) is 6.62. The quantitative estimate of drug-likeness (QED) is 0.733. The summed E-state index contributed by atoms with van der Waals surface area (Å²) < 4.78 is 10.4. The molecule has 2 heterocycles. The molecule has 0 aliphatic carbocycles. The Bertz CT molecular complexity index is 330. The fraction of sp³-hybridized carbons (Fsp3) is 0.833. The Morgan fingerprint density at radius 2 is 2.05 bits per heavy atom. The predicted molar refractivity (Wildman–Crippen MR) is 66.0 cm³/mol. The van der Waals surface area contributed by atoms with Gasteiger partial charge in [0.15, 0.2) is 0 Å². The molecule has 0 saturated carbocycles. The van der Waals surface area contributed by atoms with Crippen LogP contribution in [0.15, 0.2) is 0 Å². The summed E-state index contributed by atoms with van der Waals surface area (Å²) in [5.41, 5.74) is 0. The van der Waals surface area contributed by atoms with Gasteiger partial charge >= 0.3 is 12.1 Å². The molecule has 19 heavy (non-hydrogen) atoms. The van der Waals surface area contributed by atoms with Crippen LogP contribution in [0.25, 0.3) is 0 Å². The van der Waals surface area contributed by atoms with Crippen molar-refractivity contribution in [1.29, 1.82) is 0 Å². The molecule has 1 amide bonds. The minimum Gasteiger partial charge on any atom is -0.481 e. The zero-order valence-electron chi connectivity index (χ0n) is 10.9. The van der Waals surface area contributed by atoms with E-state index in [9.17, 15) is 9.59 Å². The Labute approximate surface area is 112 Å². The number of cyclic esters (lactones) is 1. The van der Waals surface area contributed by atoms with E-state index >= 15 is 0 Å². The van der Waals surface area contributed by atoms with Gasteiger partial charge in [0.05, 0.1) is 19.8 Å². The summed E-state index contributed by atoms with van der Waals surface area (Å²) in [5, 5.41) is 8.61. The molecule has 1 atom stereocenters. The molecule has 0 bridgehead atoms. The van der Waals surface area contributed by atoms with E-state index in [1.165, 1.54) is 0 Å². The minimum absolute atomic E-state index is 0.0370. The van der Waals surface area contributed by atoms with Gasteiger partial charge in [-0.05, 0) is 6.42 Å². The van der Waals surface area contributed by atoms with Gasteiger partial charge in [-0.1, -0.05) is 0 Å². The van der Waals surface area contributed by atoms with Gasteiger partial charge in [-0.3, -0.25) is 9.69 Å². The van der Waals surface area contributed by atoms with Gasteiger partial charge in [0.2, 0.25) is 0 Å². The fourth-order valence-corrected chi connectivity index (χ4v) is 2.28. The zero-order valence-corrected chi connectivity index (χ0v) is 10.9. The first-order valence-electron chi connectivity index (χ1n) is 6.62. The van der Waals surface area contributed by atoms with Gasteiger partial charge in [-0.15, -0.1) is 0 Å². The fourth-order valence-electron chi connectivity index (χ4n) is 2.28. The highest BCUT2D eigenvalue weighted by Gasteiger charge is 2.31. The molecule has 1 N–H and O–H groups in total. The van der Waals surface area contributed by atoms with Crippen molar-refractivity contribution in [3.8, 4) is 0 Å². The number of carbonyl (C=O) groups is 2. The van der Waals surface area contributed by atoms with Gasteiger partial charge < -0.3 is 19.5 Å². The molecule has 2 aliphatic rings. The van der Waals surface area contributed by atoms with Crippen molar-refractivity contribution in [2.75, 3.05) is 45.9 Å². The average Bonchev–Trinajstić information content (AvgIpc) is 2.76. The van der Waals surface area contributed by atoms with Crippen LogP contribution in [0, 0.1) is 0 Å². The van der Waals surface area contributed by atoms with Crippen LogP contribution in [0.5, 0.6) is 0 Å². The number of aliphatic carboxylic acids is 1. The zero-order chi connectivity index (χ0) is 13.7. The molecule has 0 aromatic rings. The average molecular weight is 272 g/mol. The Kier molecular flexibility index (Phi) is 4.98. The Morgan fingerprint density at radius 3 is 2.74 bits per heavy atom. The maximum absolute atomic E-state index is 11.6. The van der Waals surface area contributed by atoms with Gasteiger partial charge in [-0.25, -0.2) is 4.79 Å². The number of hydrogen-bond acceptors (Lipinski definition) is 5. The highest BCUT2D eigenvalue weighted by atomic mass is 16.6. The highest BCUT2D eigenvalue weighted by molar-refractivity contribution is 5.70. The summed E-state index contributed by atoms with van der Waals surface area (Å²) >= 11 is 0. The first kappa shape index (κ1) is 14.1. The lowest BCUT2D eigenvalue weighted by molar-refractivity contribution is -0.137. The molecular weight excluding hydrogens is 252 g/mol. The van der Waals surface area contributed by atoms with E-state index in [1.807, 2.05) is 0 Å². The lowest BCUT2D eigenvalue weighted by atomic mass is 10.2. The van der Waals surface area contributed by atoms with E-state index in [0.717, 1.165) is 32.8 Å². The third-order valence-corrected chi connectivity index (χ3v) is 3.42. The number of carboxylic acids is 1. The molecule has 0 radical (unpaired) electrons. The van der Waals surface area contributed by atoms with Crippen molar-refractivity contribution in [2.24, 2.45) is 0 Å². The van der Waals surface area contributed by atoms with E-state index in [-0.39, 0.29) is 18.6 Å². The third kappa shape index (κ3) is 4.36. The second-order valence-corrected chi connectivity index (χ2v) is 4.84. The molecular formula is C12H20N2O5. The van der Waals surface area contributed by atoms with Crippen LogP contribution in [-0.4, -0.2) is 79.0 Å². The Balaban J connectivity index is 1.69. The highest BCUT2D eigenvalue weighted by Crippen LogP contribution is 2.15. The molecule has 7 heteroatoms. The Hall–Kier alpha value is -1.34. The third-order valence-electron chi connectivity index (χ3n) is 3.42. The SMILES string of the molecule is O=C(O)CCC1CN(CCN2CCOCC2)C(=O)O1. The Morgan fingerprint density at radius 1 is 1.32 bits per heavy atom. The topological polar surface area (TPSA) is 79.3 Å². The molecule has 0 spiro atoms. The smallest absolute Gasteiger partial charge is 0.410 e. The van der Waals surface area contributed by atoms with Crippen molar-refractivity contribution in [3.05, 3.63) is 0 Å². The van der Waals surface area contributed by atoms with Gasteiger partial charge in [0.1, 0.15) is 6.10 Å². The number of ether oxygens (including phenoxy) is 2. The van der Waals surface area contributed by atoms with Crippen LogP contribution in [0.4, 0.5) is 4.79 Å². The van der Waals surface area contributed by atoms with Crippen molar-refractivity contribution >= 4 is 12.1 Å². The van der Waals surface area contributed by atoms with Crippen molar-refractivity contribution < 1.29 is 24.2 Å². The summed E-state index contributed by atoms with van der Waals surface area (Å²) in [4.78, 5) is 26.0. The van der Waals surface area contributed by atoms with Crippen molar-refractivity contribution in [1.82, 2.24) is 9.80 Å². The number of hydrogen-bond donors (Lipinski definition) is 1. The summed E-state index contributed by atoms with van der Waals surface area (Å²) in [7, 11) is 0. The molecule has 0 aromatic heterocycles. The molecule has 108 valence electrons. The van der Waals surface area contributed by atoms with E-state index in [2.05, 4.69) is 4.90 Å². The summed E-state index contributed by atoms with van der Waals surface area (Å²) in [5.74, 6) is -0.859. The molecule has 2 aliphatic heterocycles. The second-order valence-electron chi connectivity index (χ2n) is 4.84. The molecule has 2 fully saturated rings. The number of nitrogens with zero attached hydrogens (tertiary/aromatic N) is 2. The van der Waals surface area contributed by atoms with Crippen LogP contribution < -0.4 is 0 Å². The standard InChI is InChI=1S/C12H20N2O5/c15-11(16)2-1-10-9-14(12(17)19-10)4-3-13-5-7-18-8-6-13/h10H,1-9H2,(H,15,16). The van der Waals surface area contributed by atoms with Crippen LogP contribution in [0.2, 0.25) is 0 Å². The number of morpholine rings is 1. The van der Waals surface area contributed by atoms with Crippen LogP contribution in [0.3, 0.4) is 0 Å². The maximum Gasteiger partial charge on any atom is 0.410 e. The summed E-state index contributed by atoms with van der Waals surface area (Å²) in [6.45, 7) is 5.21. The van der Waals surface area contributed by atoms with Gasteiger partial charge in [0, 0.05) is 32.6 Å². The van der Waals surface area contributed by atoms with Gasteiger partial charge in [0.25, 0.3) is 0 Å². The number of carboxylic acid groups (broad SMARTS) is 1. The van der Waals surface area contributed by atoms with Crippen LogP contribution >= 0.6 is 0 Å². The van der Waals surface area contributed by atoms with E-state index < -0.39 is 5.97 Å². The number of rotatable bonds is 6. The predicted octanol–water partition coefficient (Wildman–Crippen LogP) is 0.00420. The largest absolute Gasteiger partial charge is 0.481 e. The molecule has 0 aromatic carbocycles. The molecule has 2 saturated heterocycles. The second kappa shape index (κ2) is 6.72. The summed E-state index contributed by atoms with van der Waals surface area (Å²) in [6.07, 6.45) is -0.193. The summed E-state index contributed by atoms with van der Waals surface area (Å²) in [6, 6.07) is 0. The van der Waals surface area contributed by atoms with E-state index in [4.69, 9.17) is 14.6 Å². The first-order chi connectivity index (χ1) is 9.15. The van der Waals surface area contributed by atoms with Crippen molar-refractivity contribution in [2.45, 2.75) is 18.9 Å². The lowest BCUT2D eigenvalue weighted by Crippen LogP contribution is -2.41. The molecule has 7 nitrogen and oxygen atoms in total. The number of amides is 1. The van der Waals surface area contributed by atoms with E-state index in [1.54, 1.807) is 4.90 Å². The van der Waals surface area contributed by atoms with Crippen LogP contribution in [-0.2, 0) is 14.3 Å². The lowest BCUT2D eigenvalue weighted by Gasteiger charge is -2.27. The van der Waals surface area contributed by atoms with Crippen molar-refractivity contribution in [3.63, 3.8) is 0 Å². The van der Waals surface area contributed by atoms with Gasteiger partial charge in [-0.2, -0.15) is 0 Å². The molecule has 2 rings (SSSR count). The number of carbonyl (C=O) groups excluding carboxylic acids is 1. The molecule has 1 unspecified atom stereocenters. The van der Waals surface area contributed by atoms with E-state index in [0.29, 0.717) is 19.5 Å². The normalized spacial score (nSPS) is 24.5. The maximum atomic E-state index is 11.6. The monoisotopic (exact) mass is 272 g/mol.